The number of para-hydroxylation sites is 1. The standard InChI is InChI=1S/C11H11NO5/c1-2-16-11(13)9-6-7-4-3-5-8(12(14)15)10(7)17-9/h3-5,9H,2,6H2,1H3. The first kappa shape index (κ1) is 11.4. The second-order valence-electron chi connectivity index (χ2n) is 3.59. The lowest BCUT2D eigenvalue weighted by Crippen LogP contribution is -2.27. The minimum atomic E-state index is -0.772. The smallest absolute Gasteiger partial charge is 0.347 e. The van der Waals surface area contributed by atoms with E-state index in [2.05, 4.69) is 0 Å². The molecule has 0 aromatic heterocycles. The van der Waals surface area contributed by atoms with Gasteiger partial charge in [0.05, 0.1) is 11.5 Å². The predicted octanol–water partition coefficient (Wildman–Crippen LogP) is 1.46. The lowest BCUT2D eigenvalue weighted by Gasteiger charge is -2.08. The van der Waals surface area contributed by atoms with Gasteiger partial charge in [0.2, 0.25) is 5.75 Å². The maximum absolute atomic E-state index is 11.5. The summed E-state index contributed by atoms with van der Waals surface area (Å²) in [4.78, 5) is 21.7. The zero-order valence-electron chi connectivity index (χ0n) is 9.21. The summed E-state index contributed by atoms with van der Waals surface area (Å²) < 4.78 is 10.1. The third kappa shape index (κ3) is 2.06. The summed E-state index contributed by atoms with van der Waals surface area (Å²) in [5.41, 5.74) is 0.548. The zero-order valence-corrected chi connectivity index (χ0v) is 9.21. The molecule has 1 aliphatic rings. The SMILES string of the molecule is CCOC(=O)C1Cc2cccc([N+](=O)[O-])c2O1. The fraction of sp³-hybridized carbons (Fsp3) is 0.364. The molecule has 90 valence electrons. The summed E-state index contributed by atoms with van der Waals surface area (Å²) >= 11 is 0. The number of nitrogens with zero attached hydrogens (tertiary/aromatic N) is 1. The average molecular weight is 237 g/mol. The monoisotopic (exact) mass is 237 g/mol. The average Bonchev–Trinajstić information content (AvgIpc) is 2.72. The molecule has 0 N–H and O–H groups in total. The van der Waals surface area contributed by atoms with Gasteiger partial charge in [0.1, 0.15) is 0 Å². The van der Waals surface area contributed by atoms with E-state index in [0.717, 1.165) is 0 Å². The summed E-state index contributed by atoms with van der Waals surface area (Å²) in [6.45, 7) is 1.96. The Morgan fingerprint density at radius 3 is 3.06 bits per heavy atom. The molecule has 2 rings (SSSR count). The summed E-state index contributed by atoms with van der Waals surface area (Å²) in [6, 6.07) is 4.64. The van der Waals surface area contributed by atoms with Gasteiger partial charge < -0.3 is 9.47 Å². The molecule has 1 aromatic carbocycles. The minimum absolute atomic E-state index is 0.116. The molecule has 17 heavy (non-hydrogen) atoms. The molecular weight excluding hydrogens is 226 g/mol. The van der Waals surface area contributed by atoms with Crippen molar-refractivity contribution >= 4 is 11.7 Å². The summed E-state index contributed by atoms with van der Waals surface area (Å²) in [6.07, 6.45) is -0.457. The van der Waals surface area contributed by atoms with Gasteiger partial charge in [-0.1, -0.05) is 12.1 Å². The van der Waals surface area contributed by atoms with E-state index in [0.29, 0.717) is 12.0 Å². The highest BCUT2D eigenvalue weighted by Gasteiger charge is 2.34. The van der Waals surface area contributed by atoms with Gasteiger partial charge in [-0.05, 0) is 6.92 Å². The van der Waals surface area contributed by atoms with Gasteiger partial charge in [-0.3, -0.25) is 10.1 Å². The number of esters is 1. The van der Waals surface area contributed by atoms with Crippen molar-refractivity contribution in [3.8, 4) is 5.75 Å². The van der Waals surface area contributed by atoms with Crippen LogP contribution in [-0.2, 0) is 16.0 Å². The number of carbonyl (C=O) groups excluding carboxylic acids is 1. The highest BCUT2D eigenvalue weighted by atomic mass is 16.6. The Morgan fingerprint density at radius 2 is 2.41 bits per heavy atom. The van der Waals surface area contributed by atoms with Crippen LogP contribution in [0, 0.1) is 10.1 Å². The van der Waals surface area contributed by atoms with E-state index in [1.807, 2.05) is 0 Å². The second kappa shape index (κ2) is 4.40. The summed E-state index contributed by atoms with van der Waals surface area (Å²) in [5.74, 6) is -0.312. The van der Waals surface area contributed by atoms with Gasteiger partial charge in [0.15, 0.2) is 6.10 Å². The van der Waals surface area contributed by atoms with E-state index in [1.165, 1.54) is 6.07 Å². The number of hydrogen-bond acceptors (Lipinski definition) is 5. The summed E-state index contributed by atoms with van der Waals surface area (Å²) in [5, 5.41) is 10.8. The van der Waals surface area contributed by atoms with E-state index in [1.54, 1.807) is 19.1 Å². The Bertz CT molecular complexity index is 471. The van der Waals surface area contributed by atoms with Gasteiger partial charge >= 0.3 is 11.7 Å². The number of rotatable bonds is 3. The van der Waals surface area contributed by atoms with Crippen LogP contribution >= 0.6 is 0 Å². The number of nitro benzene ring substituents is 1. The fourth-order valence-electron chi connectivity index (χ4n) is 1.76. The Hall–Kier alpha value is -2.11. The number of benzene rings is 1. The predicted molar refractivity (Wildman–Crippen MR) is 57.8 cm³/mol. The molecule has 6 heteroatoms. The Kier molecular flexibility index (Phi) is 2.95. The van der Waals surface area contributed by atoms with Gasteiger partial charge in [-0.25, -0.2) is 4.79 Å². The Morgan fingerprint density at radius 1 is 1.65 bits per heavy atom. The van der Waals surface area contributed by atoms with Crippen LogP contribution in [0.3, 0.4) is 0 Å². The van der Waals surface area contributed by atoms with Gasteiger partial charge in [-0.15, -0.1) is 0 Å². The van der Waals surface area contributed by atoms with Crippen molar-refractivity contribution in [1.82, 2.24) is 0 Å². The highest BCUT2D eigenvalue weighted by Crippen LogP contribution is 2.37. The van der Waals surface area contributed by atoms with Crippen molar-refractivity contribution in [2.45, 2.75) is 19.4 Å². The van der Waals surface area contributed by atoms with E-state index < -0.39 is 17.0 Å². The second-order valence-corrected chi connectivity index (χ2v) is 3.59. The van der Waals surface area contributed by atoms with E-state index in [9.17, 15) is 14.9 Å². The van der Waals surface area contributed by atoms with Crippen LogP contribution in [0.5, 0.6) is 5.75 Å². The fourth-order valence-corrected chi connectivity index (χ4v) is 1.76. The van der Waals surface area contributed by atoms with Crippen LogP contribution in [0.4, 0.5) is 5.69 Å². The first-order chi connectivity index (χ1) is 8.13. The van der Waals surface area contributed by atoms with Crippen molar-refractivity contribution in [2.24, 2.45) is 0 Å². The maximum Gasteiger partial charge on any atom is 0.347 e. The highest BCUT2D eigenvalue weighted by molar-refractivity contribution is 5.77. The van der Waals surface area contributed by atoms with E-state index >= 15 is 0 Å². The van der Waals surface area contributed by atoms with E-state index in [-0.39, 0.29) is 18.0 Å². The number of carbonyl (C=O) groups is 1. The third-order valence-electron chi connectivity index (χ3n) is 2.49. The Labute approximate surface area is 97.3 Å². The van der Waals surface area contributed by atoms with Crippen molar-refractivity contribution in [3.63, 3.8) is 0 Å². The van der Waals surface area contributed by atoms with E-state index in [4.69, 9.17) is 9.47 Å². The molecule has 0 saturated carbocycles. The molecule has 1 heterocycles. The molecular formula is C11H11NO5. The quantitative estimate of drug-likeness (QED) is 0.451. The van der Waals surface area contributed by atoms with Crippen molar-refractivity contribution < 1.29 is 19.2 Å². The van der Waals surface area contributed by atoms with Crippen LogP contribution in [-0.4, -0.2) is 23.6 Å². The number of nitro groups is 1. The van der Waals surface area contributed by atoms with Crippen molar-refractivity contribution in [2.75, 3.05) is 6.61 Å². The molecule has 1 unspecified atom stereocenters. The lowest BCUT2D eigenvalue weighted by atomic mass is 10.1. The van der Waals surface area contributed by atoms with Crippen LogP contribution in [0.2, 0.25) is 0 Å². The molecule has 0 spiro atoms. The van der Waals surface area contributed by atoms with Crippen LogP contribution in [0.25, 0.3) is 0 Å². The molecule has 0 saturated heterocycles. The summed E-state index contributed by atoms with van der Waals surface area (Å²) in [7, 11) is 0. The van der Waals surface area contributed by atoms with Crippen molar-refractivity contribution in [3.05, 3.63) is 33.9 Å². The van der Waals surface area contributed by atoms with Crippen LogP contribution in [0.1, 0.15) is 12.5 Å². The van der Waals surface area contributed by atoms with Crippen LogP contribution in [0.15, 0.2) is 18.2 Å². The maximum atomic E-state index is 11.5. The van der Waals surface area contributed by atoms with Crippen LogP contribution < -0.4 is 4.74 Å². The van der Waals surface area contributed by atoms with Gasteiger partial charge in [0.25, 0.3) is 0 Å². The van der Waals surface area contributed by atoms with Gasteiger partial charge in [-0.2, -0.15) is 0 Å². The normalized spacial score (nSPS) is 17.1. The topological polar surface area (TPSA) is 78.7 Å². The first-order valence-corrected chi connectivity index (χ1v) is 5.23. The molecule has 0 radical (unpaired) electrons. The minimum Gasteiger partial charge on any atom is -0.471 e. The molecule has 0 bridgehead atoms. The first-order valence-electron chi connectivity index (χ1n) is 5.23. The van der Waals surface area contributed by atoms with Crippen molar-refractivity contribution in [1.29, 1.82) is 0 Å². The zero-order chi connectivity index (χ0) is 12.4. The molecule has 0 amide bonds. The number of hydrogen-bond donors (Lipinski definition) is 0. The molecule has 6 nitrogen and oxygen atoms in total. The van der Waals surface area contributed by atoms with Gasteiger partial charge in [0, 0.05) is 18.1 Å². The lowest BCUT2D eigenvalue weighted by molar-refractivity contribution is -0.385. The molecule has 1 aliphatic heterocycles. The number of ether oxygens (including phenoxy) is 2. The molecule has 0 fully saturated rings. The molecule has 1 aromatic rings. The largest absolute Gasteiger partial charge is 0.471 e. The molecule has 0 aliphatic carbocycles. The Balaban J connectivity index is 2.24. The molecule has 1 atom stereocenters. The number of fused-ring (bicyclic) bond motifs is 1. The third-order valence-corrected chi connectivity index (χ3v) is 2.49.